The number of nitrogens with zero attached hydrogens (tertiary/aromatic N) is 5. The van der Waals surface area contributed by atoms with Crippen LogP contribution in [-0.2, 0) is 20.4 Å². The molecule has 4 aliphatic carbocycles. The van der Waals surface area contributed by atoms with E-state index in [9.17, 15) is 9.59 Å². The summed E-state index contributed by atoms with van der Waals surface area (Å²) >= 11 is 0. The Kier molecular flexibility index (Phi) is 10.6. The zero-order valence-electron chi connectivity index (χ0n) is 32.8. The summed E-state index contributed by atoms with van der Waals surface area (Å²) in [7, 11) is 5.82. The number of benzene rings is 1. The highest BCUT2D eigenvalue weighted by atomic mass is 16.6. The molecule has 1 aromatic carbocycles. The Balaban J connectivity index is 1.07. The first kappa shape index (κ1) is 37.4. The van der Waals surface area contributed by atoms with Crippen molar-refractivity contribution in [2.45, 2.75) is 115 Å². The van der Waals surface area contributed by atoms with Crippen molar-refractivity contribution in [1.29, 1.82) is 0 Å². The number of likely N-dealkylation sites (N-methyl/N-ethyl adjacent to an activating group) is 1. The molecule has 1 atom stereocenters. The summed E-state index contributed by atoms with van der Waals surface area (Å²) < 4.78 is 17.4. The van der Waals surface area contributed by atoms with E-state index in [1.165, 1.54) is 17.5 Å². The van der Waals surface area contributed by atoms with E-state index in [1.807, 2.05) is 45.0 Å². The third kappa shape index (κ3) is 7.71. The highest BCUT2D eigenvalue weighted by molar-refractivity contribution is 5.94. The molecular formula is C43H59N5O5. The zero-order valence-corrected chi connectivity index (χ0v) is 32.8. The number of aromatic nitrogens is 2. The van der Waals surface area contributed by atoms with Crippen LogP contribution in [0.5, 0.6) is 5.75 Å². The van der Waals surface area contributed by atoms with Crippen LogP contribution in [0.4, 0.5) is 10.6 Å². The number of carbonyl (C=O) groups excluding carboxylic acids is 2. The molecule has 10 nitrogen and oxygen atoms in total. The van der Waals surface area contributed by atoms with E-state index in [1.54, 1.807) is 24.5 Å². The number of carbonyl (C=O) groups is 2. The molecule has 5 aliphatic rings. The SMILES string of the molecule is COc1ccc(C23CCC(CN(C(=O)C4CCCCC4)c4cc(-c5coc(C(C)(C)COC(=O)N6CCC(N(C)C)C6)n5)ccn4)(CC2)CC3)cc1C. The molecule has 0 radical (unpaired) electrons. The third-order valence-electron chi connectivity index (χ3n) is 13.2. The summed E-state index contributed by atoms with van der Waals surface area (Å²) in [6.07, 6.45) is 16.1. The average Bonchev–Trinajstić information content (AvgIpc) is 3.90. The van der Waals surface area contributed by atoms with Gasteiger partial charge in [0, 0.05) is 43.4 Å². The maximum atomic E-state index is 14.5. The molecule has 2 bridgehead atoms. The van der Waals surface area contributed by atoms with Gasteiger partial charge in [-0.3, -0.25) is 9.69 Å². The monoisotopic (exact) mass is 725 g/mol. The maximum absolute atomic E-state index is 14.5. The molecule has 1 unspecified atom stereocenters. The molecule has 0 N–H and O–H groups in total. The second kappa shape index (κ2) is 15.1. The van der Waals surface area contributed by atoms with E-state index >= 15 is 0 Å². The smallest absolute Gasteiger partial charge is 0.409 e. The Morgan fingerprint density at radius 2 is 1.74 bits per heavy atom. The third-order valence-corrected chi connectivity index (χ3v) is 13.2. The van der Waals surface area contributed by atoms with Crippen molar-refractivity contribution in [3.63, 3.8) is 0 Å². The minimum Gasteiger partial charge on any atom is -0.496 e. The molecule has 3 aromatic rings. The topological polar surface area (TPSA) is 101 Å². The number of aryl methyl sites for hydroxylation is 1. The Hall–Kier alpha value is -3.92. The molecular weight excluding hydrogens is 667 g/mol. The van der Waals surface area contributed by atoms with Gasteiger partial charge < -0.3 is 23.7 Å². The first-order chi connectivity index (χ1) is 25.4. The van der Waals surface area contributed by atoms with Gasteiger partial charge >= 0.3 is 6.09 Å². The summed E-state index contributed by atoms with van der Waals surface area (Å²) in [4.78, 5) is 43.1. The van der Waals surface area contributed by atoms with E-state index in [0.717, 1.165) is 81.9 Å². The van der Waals surface area contributed by atoms with Crippen molar-refractivity contribution in [3.05, 3.63) is 59.8 Å². The lowest BCUT2D eigenvalue weighted by atomic mass is 9.51. The van der Waals surface area contributed by atoms with Crippen molar-refractivity contribution in [1.82, 2.24) is 19.8 Å². The van der Waals surface area contributed by atoms with Gasteiger partial charge in [0.05, 0.1) is 12.5 Å². The van der Waals surface area contributed by atoms with E-state index in [4.69, 9.17) is 23.9 Å². The lowest BCUT2D eigenvalue weighted by Crippen LogP contribution is -2.51. The van der Waals surface area contributed by atoms with Crippen LogP contribution >= 0.6 is 0 Å². The fourth-order valence-corrected chi connectivity index (χ4v) is 9.49. The molecule has 2 aromatic heterocycles. The first-order valence-electron chi connectivity index (χ1n) is 19.9. The molecule has 1 aliphatic heterocycles. The number of oxazole rings is 1. The molecule has 3 heterocycles. The lowest BCUT2D eigenvalue weighted by molar-refractivity contribution is -0.124. The van der Waals surface area contributed by atoms with E-state index < -0.39 is 5.41 Å². The van der Waals surface area contributed by atoms with Crippen LogP contribution in [0.2, 0.25) is 0 Å². The molecule has 53 heavy (non-hydrogen) atoms. The van der Waals surface area contributed by atoms with E-state index in [2.05, 4.69) is 30.0 Å². The number of likely N-dealkylation sites (tertiary alicyclic amines) is 1. The normalized spacial score (nSPS) is 24.8. The number of pyridine rings is 1. The minimum absolute atomic E-state index is 0.0376. The molecule has 4 saturated carbocycles. The number of ether oxygens (including phenoxy) is 2. The van der Waals surface area contributed by atoms with E-state index in [-0.39, 0.29) is 35.4 Å². The van der Waals surface area contributed by atoms with Gasteiger partial charge in [0.1, 0.15) is 30.1 Å². The van der Waals surface area contributed by atoms with Gasteiger partial charge in [-0.15, -0.1) is 0 Å². The fourth-order valence-electron chi connectivity index (χ4n) is 9.49. The number of hydrogen-bond donors (Lipinski definition) is 0. The summed E-state index contributed by atoms with van der Waals surface area (Å²) in [5, 5.41) is 0. The lowest BCUT2D eigenvalue weighted by Gasteiger charge is -2.55. The fraction of sp³-hybridized carbons (Fsp3) is 0.628. The van der Waals surface area contributed by atoms with Gasteiger partial charge in [-0.05, 0) is 133 Å². The Morgan fingerprint density at radius 1 is 1.00 bits per heavy atom. The van der Waals surface area contributed by atoms with Gasteiger partial charge in [-0.25, -0.2) is 14.8 Å². The Labute approximate surface area is 315 Å². The van der Waals surface area contributed by atoms with Crippen LogP contribution in [0.25, 0.3) is 11.3 Å². The van der Waals surface area contributed by atoms with Crippen molar-refractivity contribution < 1.29 is 23.5 Å². The number of hydrogen-bond acceptors (Lipinski definition) is 8. The molecule has 5 fully saturated rings. The minimum atomic E-state index is -0.631. The van der Waals surface area contributed by atoms with Crippen molar-refractivity contribution in [3.8, 4) is 17.0 Å². The standard InChI is InChI=1S/C43H59N5O5/c1-30-24-33(12-13-36(30)51-6)43-19-16-42(17-20-43,18-21-43)28-48(38(49)31-10-8-7-9-11-31)37-25-32(14-22-44-37)35-27-52-39(45-35)41(2,3)29-53-40(50)47-23-15-34(26-47)46(4)5/h12-14,22,24-25,27,31,34H,7-11,15-21,23,26,28-29H2,1-6H3. The van der Waals surface area contributed by atoms with Crippen LogP contribution < -0.4 is 9.64 Å². The predicted octanol–water partition coefficient (Wildman–Crippen LogP) is 8.31. The quantitative estimate of drug-likeness (QED) is 0.195. The van der Waals surface area contributed by atoms with Crippen LogP contribution in [0.1, 0.15) is 108 Å². The van der Waals surface area contributed by atoms with Gasteiger partial charge in [0.15, 0.2) is 0 Å². The largest absolute Gasteiger partial charge is 0.496 e. The number of methoxy groups -OCH3 is 1. The van der Waals surface area contributed by atoms with Crippen molar-refractivity contribution >= 4 is 17.8 Å². The van der Waals surface area contributed by atoms with Gasteiger partial charge in [-0.2, -0.15) is 0 Å². The number of rotatable bonds is 11. The predicted molar refractivity (Wildman–Crippen MR) is 206 cm³/mol. The number of amides is 2. The van der Waals surface area contributed by atoms with Crippen LogP contribution in [0, 0.1) is 18.3 Å². The summed E-state index contributed by atoms with van der Waals surface area (Å²) in [5.41, 5.74) is 3.81. The number of anilines is 1. The summed E-state index contributed by atoms with van der Waals surface area (Å²) in [5.74, 6) is 2.40. The summed E-state index contributed by atoms with van der Waals surface area (Å²) in [6, 6.07) is 11.0. The zero-order chi connectivity index (χ0) is 37.4. The Bertz CT molecular complexity index is 1750. The number of fused-ring (bicyclic) bond motifs is 3. The van der Waals surface area contributed by atoms with Gasteiger partial charge in [0.25, 0.3) is 0 Å². The van der Waals surface area contributed by atoms with Crippen LogP contribution in [-0.4, -0.2) is 85.3 Å². The highest BCUT2D eigenvalue weighted by Gasteiger charge is 2.51. The molecule has 8 rings (SSSR count). The highest BCUT2D eigenvalue weighted by Crippen LogP contribution is 2.58. The van der Waals surface area contributed by atoms with E-state index in [0.29, 0.717) is 43.1 Å². The second-order valence-electron chi connectivity index (χ2n) is 17.5. The van der Waals surface area contributed by atoms with Gasteiger partial charge in [-0.1, -0.05) is 31.4 Å². The summed E-state index contributed by atoms with van der Waals surface area (Å²) in [6.45, 7) is 8.31. The second-order valence-corrected chi connectivity index (χ2v) is 17.5. The molecule has 286 valence electrons. The molecule has 10 heteroatoms. The molecule has 0 spiro atoms. The Morgan fingerprint density at radius 3 is 2.40 bits per heavy atom. The maximum Gasteiger partial charge on any atom is 0.409 e. The molecule has 1 saturated heterocycles. The van der Waals surface area contributed by atoms with Crippen LogP contribution in [0.3, 0.4) is 0 Å². The van der Waals surface area contributed by atoms with Crippen LogP contribution in [0.15, 0.2) is 47.2 Å². The molecule has 2 amide bonds. The first-order valence-corrected chi connectivity index (χ1v) is 19.9. The average molecular weight is 726 g/mol. The van der Waals surface area contributed by atoms with Crippen molar-refractivity contribution in [2.75, 3.05) is 52.3 Å². The van der Waals surface area contributed by atoms with Crippen molar-refractivity contribution in [2.24, 2.45) is 11.3 Å². The van der Waals surface area contributed by atoms with Gasteiger partial charge in [0.2, 0.25) is 11.8 Å².